The van der Waals surface area contributed by atoms with Gasteiger partial charge >= 0.3 is 0 Å². The first-order chi connectivity index (χ1) is 12.3. The minimum absolute atomic E-state index is 0.202. The quantitative estimate of drug-likeness (QED) is 0.638. The molecule has 1 aromatic heterocycles. The summed E-state index contributed by atoms with van der Waals surface area (Å²) in [5, 5.41) is 1.85. The lowest BCUT2D eigenvalue weighted by atomic mass is 10.0. The molecule has 0 N–H and O–H groups in total. The third kappa shape index (κ3) is 4.01. The van der Waals surface area contributed by atoms with Gasteiger partial charge in [0.15, 0.2) is 6.29 Å². The maximum Gasteiger partial charge on any atom is 0.184 e. The maximum absolute atomic E-state index is 6.06. The van der Waals surface area contributed by atoms with Gasteiger partial charge in [-0.2, -0.15) is 0 Å². The molecule has 3 aromatic rings. The fourth-order valence-electron chi connectivity index (χ4n) is 3.19. The molecule has 0 amide bonds. The van der Waals surface area contributed by atoms with Gasteiger partial charge in [-0.1, -0.05) is 48.0 Å². The van der Waals surface area contributed by atoms with Crippen molar-refractivity contribution in [2.45, 2.75) is 25.6 Å². The Morgan fingerprint density at radius 3 is 2.68 bits per heavy atom. The van der Waals surface area contributed by atoms with E-state index in [1.54, 1.807) is 0 Å². The molecular formula is C21H20ClNO2. The monoisotopic (exact) mass is 353 g/mol. The van der Waals surface area contributed by atoms with Gasteiger partial charge in [-0.3, -0.25) is 4.98 Å². The van der Waals surface area contributed by atoms with Crippen molar-refractivity contribution in [1.29, 1.82) is 0 Å². The fraction of sp³-hybridized carbons (Fsp3) is 0.286. The Kier molecular flexibility index (Phi) is 4.97. The van der Waals surface area contributed by atoms with Crippen LogP contribution in [0.25, 0.3) is 10.9 Å². The van der Waals surface area contributed by atoms with Crippen molar-refractivity contribution >= 4 is 22.5 Å². The zero-order valence-electron chi connectivity index (χ0n) is 14.0. The van der Waals surface area contributed by atoms with Gasteiger partial charge in [-0.05, 0) is 43.0 Å². The summed E-state index contributed by atoms with van der Waals surface area (Å²) in [5.41, 5.74) is 4.48. The molecule has 0 spiro atoms. The first kappa shape index (κ1) is 16.5. The van der Waals surface area contributed by atoms with Crippen LogP contribution in [0.2, 0.25) is 5.02 Å². The molecule has 0 radical (unpaired) electrons. The standard InChI is InChI=1S/C21H20ClNO2/c22-18-9-7-16-8-10-19(23-20(16)14-18)6-2-4-15-3-1-5-17(13-15)21-24-11-12-25-21/h1,3,5,7-10,13-14,21H,2,4,6,11-12H2. The number of pyridine rings is 1. The summed E-state index contributed by atoms with van der Waals surface area (Å²) in [5.74, 6) is 0. The molecule has 1 saturated heterocycles. The predicted octanol–water partition coefficient (Wildman–Crippen LogP) is 5.11. The van der Waals surface area contributed by atoms with Gasteiger partial charge in [-0.15, -0.1) is 0 Å². The van der Waals surface area contributed by atoms with Gasteiger partial charge in [0, 0.05) is 21.7 Å². The molecule has 0 saturated carbocycles. The van der Waals surface area contributed by atoms with Crippen molar-refractivity contribution in [3.05, 3.63) is 76.4 Å². The van der Waals surface area contributed by atoms with E-state index in [4.69, 9.17) is 26.1 Å². The highest BCUT2D eigenvalue weighted by molar-refractivity contribution is 6.31. The summed E-state index contributed by atoms with van der Waals surface area (Å²) in [7, 11) is 0. The lowest BCUT2D eigenvalue weighted by Gasteiger charge is -2.11. The summed E-state index contributed by atoms with van der Waals surface area (Å²) in [6.07, 6.45) is 2.81. The normalized spacial score (nSPS) is 15.1. The molecule has 0 bridgehead atoms. The highest BCUT2D eigenvalue weighted by atomic mass is 35.5. The van der Waals surface area contributed by atoms with Crippen LogP contribution >= 0.6 is 11.6 Å². The SMILES string of the molecule is Clc1ccc2ccc(CCCc3cccc(C4OCCO4)c3)nc2c1. The molecule has 4 rings (SSSR count). The smallest absolute Gasteiger partial charge is 0.184 e. The van der Waals surface area contributed by atoms with E-state index in [1.807, 2.05) is 18.2 Å². The number of hydrogen-bond acceptors (Lipinski definition) is 3. The van der Waals surface area contributed by atoms with E-state index in [-0.39, 0.29) is 6.29 Å². The van der Waals surface area contributed by atoms with Crippen LogP contribution in [0, 0.1) is 0 Å². The van der Waals surface area contributed by atoms with Crippen LogP contribution in [0.4, 0.5) is 0 Å². The van der Waals surface area contributed by atoms with Gasteiger partial charge in [-0.25, -0.2) is 0 Å². The molecule has 2 heterocycles. The van der Waals surface area contributed by atoms with Crippen LogP contribution in [0.5, 0.6) is 0 Å². The van der Waals surface area contributed by atoms with Crippen molar-refractivity contribution in [3.63, 3.8) is 0 Å². The highest BCUT2D eigenvalue weighted by Gasteiger charge is 2.18. The number of rotatable bonds is 5. The van der Waals surface area contributed by atoms with Gasteiger partial charge in [0.05, 0.1) is 18.7 Å². The Balaban J connectivity index is 1.39. The minimum atomic E-state index is -0.202. The molecule has 3 nitrogen and oxygen atoms in total. The fourth-order valence-corrected chi connectivity index (χ4v) is 3.36. The van der Waals surface area contributed by atoms with Crippen molar-refractivity contribution in [2.24, 2.45) is 0 Å². The Labute approximate surface area is 152 Å². The third-order valence-corrected chi connectivity index (χ3v) is 4.69. The average Bonchev–Trinajstić information content (AvgIpc) is 3.16. The highest BCUT2D eigenvalue weighted by Crippen LogP contribution is 2.24. The first-order valence-electron chi connectivity index (χ1n) is 8.65. The van der Waals surface area contributed by atoms with Crippen molar-refractivity contribution in [1.82, 2.24) is 4.98 Å². The second-order valence-corrected chi connectivity index (χ2v) is 6.75. The Morgan fingerprint density at radius 1 is 0.960 bits per heavy atom. The van der Waals surface area contributed by atoms with Gasteiger partial charge in [0.1, 0.15) is 0 Å². The number of halogens is 1. The van der Waals surface area contributed by atoms with Crippen LogP contribution in [-0.4, -0.2) is 18.2 Å². The molecule has 1 aliphatic heterocycles. The Bertz CT molecular complexity index is 875. The molecule has 1 fully saturated rings. The zero-order chi connectivity index (χ0) is 17.1. The molecular weight excluding hydrogens is 334 g/mol. The number of hydrogen-bond donors (Lipinski definition) is 0. The molecule has 4 heteroatoms. The molecule has 2 aromatic carbocycles. The molecule has 128 valence electrons. The summed E-state index contributed by atoms with van der Waals surface area (Å²) < 4.78 is 11.2. The topological polar surface area (TPSA) is 31.4 Å². The molecule has 0 atom stereocenters. The number of nitrogens with zero attached hydrogens (tertiary/aromatic N) is 1. The van der Waals surface area contributed by atoms with E-state index in [2.05, 4.69) is 36.4 Å². The second-order valence-electron chi connectivity index (χ2n) is 6.31. The van der Waals surface area contributed by atoms with E-state index in [1.165, 1.54) is 5.56 Å². The van der Waals surface area contributed by atoms with Gasteiger partial charge < -0.3 is 9.47 Å². The largest absolute Gasteiger partial charge is 0.346 e. The molecule has 0 aliphatic carbocycles. The summed E-state index contributed by atoms with van der Waals surface area (Å²) >= 11 is 6.06. The van der Waals surface area contributed by atoms with Crippen LogP contribution in [0.15, 0.2) is 54.6 Å². The number of benzene rings is 2. The van der Waals surface area contributed by atoms with Gasteiger partial charge in [0.25, 0.3) is 0 Å². The van der Waals surface area contributed by atoms with Crippen LogP contribution in [0.1, 0.15) is 29.5 Å². The number of ether oxygens (including phenoxy) is 2. The number of aryl methyl sites for hydroxylation is 2. The zero-order valence-corrected chi connectivity index (χ0v) is 14.7. The van der Waals surface area contributed by atoms with Crippen LogP contribution in [0.3, 0.4) is 0 Å². The van der Waals surface area contributed by atoms with E-state index < -0.39 is 0 Å². The lowest BCUT2D eigenvalue weighted by molar-refractivity contribution is -0.0441. The first-order valence-corrected chi connectivity index (χ1v) is 9.03. The lowest BCUT2D eigenvalue weighted by Crippen LogP contribution is -1.99. The number of aromatic nitrogens is 1. The number of fused-ring (bicyclic) bond motifs is 1. The van der Waals surface area contributed by atoms with Gasteiger partial charge in [0.2, 0.25) is 0 Å². The maximum atomic E-state index is 6.06. The predicted molar refractivity (Wildman–Crippen MR) is 99.9 cm³/mol. The summed E-state index contributed by atoms with van der Waals surface area (Å²) in [4.78, 5) is 4.72. The Morgan fingerprint density at radius 2 is 1.80 bits per heavy atom. The minimum Gasteiger partial charge on any atom is -0.346 e. The van der Waals surface area contributed by atoms with Crippen molar-refractivity contribution in [2.75, 3.05) is 13.2 Å². The summed E-state index contributed by atoms with van der Waals surface area (Å²) in [6.45, 7) is 1.35. The molecule has 0 unspecified atom stereocenters. The van der Waals surface area contributed by atoms with Crippen molar-refractivity contribution < 1.29 is 9.47 Å². The second kappa shape index (κ2) is 7.52. The van der Waals surface area contributed by atoms with E-state index in [0.717, 1.165) is 46.4 Å². The third-order valence-electron chi connectivity index (χ3n) is 4.46. The Hall–Kier alpha value is -1.94. The van der Waals surface area contributed by atoms with E-state index in [9.17, 15) is 0 Å². The van der Waals surface area contributed by atoms with E-state index in [0.29, 0.717) is 13.2 Å². The molecule has 1 aliphatic rings. The molecule has 25 heavy (non-hydrogen) atoms. The van der Waals surface area contributed by atoms with Crippen LogP contribution < -0.4 is 0 Å². The van der Waals surface area contributed by atoms with Crippen LogP contribution in [-0.2, 0) is 22.3 Å². The average molecular weight is 354 g/mol. The van der Waals surface area contributed by atoms with Crippen molar-refractivity contribution in [3.8, 4) is 0 Å². The summed E-state index contributed by atoms with van der Waals surface area (Å²) in [6, 6.07) is 18.5. The van der Waals surface area contributed by atoms with E-state index >= 15 is 0 Å².